The van der Waals surface area contributed by atoms with E-state index >= 15 is 0 Å². The van der Waals surface area contributed by atoms with Gasteiger partial charge in [-0.15, -0.1) is 0 Å². The minimum atomic E-state index is 0.0627. The Bertz CT molecular complexity index is 420. The Balaban J connectivity index is 1.85. The quantitative estimate of drug-likeness (QED) is 0.862. The maximum absolute atomic E-state index is 5.91. The van der Waals surface area contributed by atoms with E-state index in [9.17, 15) is 0 Å². The number of rotatable bonds is 5. The van der Waals surface area contributed by atoms with E-state index in [4.69, 9.17) is 4.74 Å². The third-order valence-electron chi connectivity index (χ3n) is 4.32. The van der Waals surface area contributed by atoms with Gasteiger partial charge in [-0.05, 0) is 57.2 Å². The van der Waals surface area contributed by atoms with Crippen molar-refractivity contribution >= 4 is 15.9 Å². The molecule has 1 aromatic rings. The monoisotopic (exact) mass is 339 g/mol. The van der Waals surface area contributed by atoms with Gasteiger partial charge in [0, 0.05) is 23.2 Å². The Labute approximate surface area is 131 Å². The highest BCUT2D eigenvalue weighted by Crippen LogP contribution is 2.28. The fourth-order valence-corrected chi connectivity index (χ4v) is 3.22. The van der Waals surface area contributed by atoms with E-state index in [2.05, 4.69) is 66.3 Å². The second-order valence-corrected chi connectivity index (χ2v) is 7.16. The molecule has 3 unspecified atom stereocenters. The first-order valence-electron chi connectivity index (χ1n) is 7.65. The van der Waals surface area contributed by atoms with Crippen LogP contribution in [0.4, 0.5) is 0 Å². The summed E-state index contributed by atoms with van der Waals surface area (Å²) in [6.45, 7) is 7.61. The molecule has 1 aliphatic rings. The normalized spacial score (nSPS) is 28.3. The smallest absolute Gasteiger partial charge is 0.0666 e. The average Bonchev–Trinajstić information content (AvgIpc) is 2.41. The van der Waals surface area contributed by atoms with Crippen molar-refractivity contribution in [1.82, 2.24) is 5.32 Å². The molecule has 0 aromatic heterocycles. The molecule has 1 aromatic carbocycles. The fraction of sp³-hybridized carbons (Fsp3) is 0.647. The van der Waals surface area contributed by atoms with Crippen molar-refractivity contribution in [1.29, 1.82) is 0 Å². The number of benzene rings is 1. The van der Waals surface area contributed by atoms with Gasteiger partial charge in [-0.3, -0.25) is 0 Å². The molecular formula is C17H26BrNO. The SMILES string of the molecule is CCC1(C)CC(NC(C)Cc2ccc(Br)cc2)CCO1. The molecule has 2 rings (SSSR count). The molecule has 1 N–H and O–H groups in total. The predicted molar refractivity (Wildman–Crippen MR) is 88.1 cm³/mol. The van der Waals surface area contributed by atoms with Gasteiger partial charge in [-0.2, -0.15) is 0 Å². The van der Waals surface area contributed by atoms with E-state index in [1.165, 1.54) is 5.56 Å². The van der Waals surface area contributed by atoms with Crippen LogP contribution in [0.1, 0.15) is 45.6 Å². The van der Waals surface area contributed by atoms with Crippen molar-refractivity contribution in [3.8, 4) is 0 Å². The van der Waals surface area contributed by atoms with E-state index in [0.29, 0.717) is 12.1 Å². The topological polar surface area (TPSA) is 21.3 Å². The second kappa shape index (κ2) is 7.06. The van der Waals surface area contributed by atoms with Crippen LogP contribution in [0.5, 0.6) is 0 Å². The van der Waals surface area contributed by atoms with E-state index < -0.39 is 0 Å². The van der Waals surface area contributed by atoms with Crippen molar-refractivity contribution in [2.24, 2.45) is 0 Å². The van der Waals surface area contributed by atoms with Gasteiger partial charge in [0.2, 0.25) is 0 Å². The Kier molecular flexibility index (Phi) is 5.65. The van der Waals surface area contributed by atoms with Crippen molar-refractivity contribution in [3.63, 3.8) is 0 Å². The van der Waals surface area contributed by atoms with E-state index in [1.54, 1.807) is 0 Å². The summed E-state index contributed by atoms with van der Waals surface area (Å²) in [5, 5.41) is 3.78. The first kappa shape index (κ1) is 16.0. The molecule has 3 atom stereocenters. The lowest BCUT2D eigenvalue weighted by atomic mass is 9.89. The molecule has 1 aliphatic heterocycles. The van der Waals surface area contributed by atoms with Crippen LogP contribution in [0.15, 0.2) is 28.7 Å². The Hall–Kier alpha value is -0.380. The van der Waals surface area contributed by atoms with Crippen LogP contribution in [-0.4, -0.2) is 24.3 Å². The van der Waals surface area contributed by atoms with Crippen LogP contribution in [-0.2, 0) is 11.2 Å². The molecule has 2 nitrogen and oxygen atoms in total. The van der Waals surface area contributed by atoms with Crippen molar-refractivity contribution in [2.75, 3.05) is 6.61 Å². The van der Waals surface area contributed by atoms with Crippen LogP contribution in [0.2, 0.25) is 0 Å². The Morgan fingerprint density at radius 1 is 1.40 bits per heavy atom. The molecule has 1 fully saturated rings. The minimum Gasteiger partial charge on any atom is -0.375 e. The number of nitrogens with one attached hydrogen (secondary N) is 1. The van der Waals surface area contributed by atoms with Gasteiger partial charge in [0.1, 0.15) is 0 Å². The first-order chi connectivity index (χ1) is 9.50. The van der Waals surface area contributed by atoms with Gasteiger partial charge in [-0.25, -0.2) is 0 Å². The van der Waals surface area contributed by atoms with Crippen LogP contribution >= 0.6 is 15.9 Å². The summed E-state index contributed by atoms with van der Waals surface area (Å²) in [5.74, 6) is 0. The van der Waals surface area contributed by atoms with E-state index in [1.807, 2.05) is 0 Å². The largest absolute Gasteiger partial charge is 0.375 e. The van der Waals surface area contributed by atoms with Gasteiger partial charge in [0.05, 0.1) is 5.60 Å². The lowest BCUT2D eigenvalue weighted by Gasteiger charge is -2.39. The highest BCUT2D eigenvalue weighted by molar-refractivity contribution is 9.10. The third-order valence-corrected chi connectivity index (χ3v) is 4.85. The highest BCUT2D eigenvalue weighted by atomic mass is 79.9. The van der Waals surface area contributed by atoms with Crippen LogP contribution < -0.4 is 5.32 Å². The van der Waals surface area contributed by atoms with E-state index in [-0.39, 0.29) is 5.60 Å². The second-order valence-electron chi connectivity index (χ2n) is 6.24. The summed E-state index contributed by atoms with van der Waals surface area (Å²) < 4.78 is 7.06. The lowest BCUT2D eigenvalue weighted by Crippen LogP contribution is -2.48. The summed E-state index contributed by atoms with van der Waals surface area (Å²) in [6.07, 6.45) is 4.41. The highest BCUT2D eigenvalue weighted by Gasteiger charge is 2.31. The molecule has 0 saturated carbocycles. The molecule has 1 heterocycles. The number of hydrogen-bond donors (Lipinski definition) is 1. The lowest BCUT2D eigenvalue weighted by molar-refractivity contribution is -0.0788. The van der Waals surface area contributed by atoms with Gasteiger partial charge >= 0.3 is 0 Å². The van der Waals surface area contributed by atoms with Crippen molar-refractivity contribution in [3.05, 3.63) is 34.3 Å². The fourth-order valence-electron chi connectivity index (χ4n) is 2.95. The zero-order valence-electron chi connectivity index (χ0n) is 12.8. The van der Waals surface area contributed by atoms with Crippen molar-refractivity contribution < 1.29 is 4.74 Å². The van der Waals surface area contributed by atoms with Crippen LogP contribution in [0, 0.1) is 0 Å². The predicted octanol–water partition coefficient (Wildman–Crippen LogP) is 4.32. The van der Waals surface area contributed by atoms with Crippen molar-refractivity contribution in [2.45, 2.75) is 64.1 Å². The Morgan fingerprint density at radius 2 is 2.10 bits per heavy atom. The van der Waals surface area contributed by atoms with E-state index in [0.717, 1.165) is 36.8 Å². The molecule has 0 radical (unpaired) electrons. The molecule has 20 heavy (non-hydrogen) atoms. The summed E-state index contributed by atoms with van der Waals surface area (Å²) in [6, 6.07) is 9.71. The minimum absolute atomic E-state index is 0.0627. The zero-order valence-corrected chi connectivity index (χ0v) is 14.4. The zero-order chi connectivity index (χ0) is 14.6. The maximum atomic E-state index is 5.91. The third kappa shape index (κ3) is 4.57. The molecule has 0 amide bonds. The van der Waals surface area contributed by atoms with Gasteiger partial charge < -0.3 is 10.1 Å². The Morgan fingerprint density at radius 3 is 2.75 bits per heavy atom. The average molecular weight is 340 g/mol. The first-order valence-corrected chi connectivity index (χ1v) is 8.44. The van der Waals surface area contributed by atoms with Crippen LogP contribution in [0.3, 0.4) is 0 Å². The summed E-state index contributed by atoms with van der Waals surface area (Å²) in [5.41, 5.74) is 1.45. The molecule has 0 spiro atoms. The number of ether oxygens (including phenoxy) is 1. The molecule has 3 heteroatoms. The molecule has 112 valence electrons. The molecule has 0 bridgehead atoms. The summed E-state index contributed by atoms with van der Waals surface area (Å²) >= 11 is 3.48. The number of halogens is 1. The summed E-state index contributed by atoms with van der Waals surface area (Å²) in [7, 11) is 0. The van der Waals surface area contributed by atoms with Gasteiger partial charge in [-0.1, -0.05) is 35.0 Å². The standard InChI is InChI=1S/C17H26BrNO/c1-4-17(3)12-16(9-10-20-17)19-13(2)11-14-5-7-15(18)8-6-14/h5-8,13,16,19H,4,9-12H2,1-3H3. The molecular weight excluding hydrogens is 314 g/mol. The molecule has 0 aliphatic carbocycles. The van der Waals surface area contributed by atoms with Gasteiger partial charge in [0.25, 0.3) is 0 Å². The number of hydrogen-bond acceptors (Lipinski definition) is 2. The summed E-state index contributed by atoms with van der Waals surface area (Å²) in [4.78, 5) is 0. The van der Waals surface area contributed by atoms with Crippen LogP contribution in [0.25, 0.3) is 0 Å². The maximum Gasteiger partial charge on any atom is 0.0666 e. The molecule has 1 saturated heterocycles. The van der Waals surface area contributed by atoms with Gasteiger partial charge in [0.15, 0.2) is 0 Å².